The van der Waals surface area contributed by atoms with Gasteiger partial charge in [-0.15, -0.1) is 0 Å². The van der Waals surface area contributed by atoms with Gasteiger partial charge in [0.15, 0.2) is 0 Å². The van der Waals surface area contributed by atoms with Crippen LogP contribution in [-0.4, -0.2) is 65.7 Å². The molecule has 0 spiro atoms. The van der Waals surface area contributed by atoms with E-state index < -0.39 is 12.8 Å². The van der Waals surface area contributed by atoms with Gasteiger partial charge in [0, 0.05) is 48.2 Å². The second-order valence-corrected chi connectivity index (χ2v) is 8.04. The van der Waals surface area contributed by atoms with E-state index in [0.717, 1.165) is 29.4 Å². The van der Waals surface area contributed by atoms with Crippen LogP contribution in [0.3, 0.4) is 0 Å². The minimum atomic E-state index is -0.706. The molecule has 6 nitrogen and oxygen atoms in total. The van der Waals surface area contributed by atoms with Crippen LogP contribution in [0.5, 0.6) is 0 Å². The molecule has 162 valence electrons. The summed E-state index contributed by atoms with van der Waals surface area (Å²) in [6, 6.07) is 7.14. The zero-order valence-corrected chi connectivity index (χ0v) is 18.5. The lowest BCUT2D eigenvalue weighted by Crippen LogP contribution is -2.55. The van der Waals surface area contributed by atoms with Crippen LogP contribution in [0.25, 0.3) is 10.9 Å². The number of carbonyl (C=O) groups is 2. The Morgan fingerprint density at radius 2 is 2.03 bits per heavy atom. The van der Waals surface area contributed by atoms with E-state index in [1.807, 2.05) is 19.1 Å². The fraction of sp³-hybridized carbons (Fsp3) is 0.476. The number of hydrogen-bond acceptors (Lipinski definition) is 4. The molecule has 2 heterocycles. The average molecular weight is 454 g/mol. The zero-order chi connectivity index (χ0) is 20.5. The Bertz CT molecular complexity index is 956. The minimum absolute atomic E-state index is 0. The number of carbonyl (C=O) groups excluding carboxylic acids is 2. The normalized spacial score (nSPS) is 18.8. The Morgan fingerprint density at radius 1 is 1.27 bits per heavy atom. The smallest absolute Gasteiger partial charge is 0.409 e. The van der Waals surface area contributed by atoms with E-state index >= 15 is 0 Å². The molecule has 0 radical (unpaired) electrons. The van der Waals surface area contributed by atoms with Crippen LogP contribution < -0.4 is 0 Å². The first-order chi connectivity index (χ1) is 14.0. The van der Waals surface area contributed by atoms with Gasteiger partial charge in [-0.2, -0.15) is 13.5 Å². The summed E-state index contributed by atoms with van der Waals surface area (Å²) in [5.74, 6) is 0.368. The Hall–Kier alpha value is -2.06. The van der Waals surface area contributed by atoms with Crippen molar-refractivity contribution in [1.29, 1.82) is 0 Å². The van der Waals surface area contributed by atoms with Crippen molar-refractivity contribution in [2.24, 2.45) is 0 Å². The van der Waals surface area contributed by atoms with Crippen LogP contribution in [0.2, 0.25) is 5.02 Å². The van der Waals surface area contributed by atoms with E-state index in [0.29, 0.717) is 36.1 Å². The number of fused-ring (bicyclic) bond motifs is 1. The number of ether oxygens (including phenoxy) is 1. The van der Waals surface area contributed by atoms with Crippen molar-refractivity contribution in [2.45, 2.75) is 31.7 Å². The molecule has 0 unspecified atom stereocenters. The number of rotatable bonds is 4. The van der Waals surface area contributed by atoms with Crippen LogP contribution in [-0.2, 0) is 4.74 Å². The highest BCUT2D eigenvalue weighted by atomic mass is 35.5. The van der Waals surface area contributed by atoms with Gasteiger partial charge in [0.2, 0.25) is 0 Å². The van der Waals surface area contributed by atoms with Crippen molar-refractivity contribution < 1.29 is 18.7 Å². The topological polar surface area (TPSA) is 62.7 Å². The van der Waals surface area contributed by atoms with Gasteiger partial charge in [0.1, 0.15) is 13.3 Å². The number of pyridine rings is 1. The molecule has 1 aliphatic heterocycles. The summed E-state index contributed by atoms with van der Waals surface area (Å²) < 4.78 is 17.0. The third-order valence-electron chi connectivity index (χ3n) is 5.47. The highest BCUT2D eigenvalue weighted by Gasteiger charge is 2.31. The molecule has 2 amide bonds. The maximum absolute atomic E-state index is 13.1. The summed E-state index contributed by atoms with van der Waals surface area (Å²) in [6.07, 6.45) is 1.71. The quantitative estimate of drug-likeness (QED) is 0.698. The van der Waals surface area contributed by atoms with Gasteiger partial charge in [0.05, 0.1) is 10.5 Å². The van der Waals surface area contributed by atoms with Crippen molar-refractivity contribution in [2.75, 3.05) is 32.9 Å². The number of piperazine rings is 1. The molecule has 2 aliphatic rings. The molecule has 1 aromatic carbocycles. The van der Waals surface area contributed by atoms with Gasteiger partial charge in [-0.05, 0) is 38.0 Å². The highest BCUT2D eigenvalue weighted by Crippen LogP contribution is 2.41. The number of nitrogens with zero attached hydrogens (tertiary/aromatic N) is 3. The number of halogens is 2. The summed E-state index contributed by atoms with van der Waals surface area (Å²) in [7, 11) is 0. The fourth-order valence-electron chi connectivity index (χ4n) is 3.73. The van der Waals surface area contributed by atoms with Crippen molar-refractivity contribution in [3.05, 3.63) is 40.5 Å². The van der Waals surface area contributed by atoms with E-state index in [1.54, 1.807) is 17.0 Å². The van der Waals surface area contributed by atoms with E-state index in [2.05, 4.69) is 0 Å². The zero-order valence-electron chi connectivity index (χ0n) is 16.7. The number of amides is 2. The maximum atomic E-state index is 13.1. The summed E-state index contributed by atoms with van der Waals surface area (Å²) in [5.41, 5.74) is 2.27. The highest BCUT2D eigenvalue weighted by molar-refractivity contribution is 7.59. The number of benzene rings is 1. The van der Waals surface area contributed by atoms with Crippen molar-refractivity contribution >= 4 is 48.0 Å². The average Bonchev–Trinajstić information content (AvgIpc) is 3.56. The molecule has 0 bridgehead atoms. The first-order valence-corrected chi connectivity index (χ1v) is 10.2. The second-order valence-electron chi connectivity index (χ2n) is 7.63. The molecule has 4 rings (SSSR count). The molecule has 1 aliphatic carbocycles. The fourth-order valence-corrected chi connectivity index (χ4v) is 4.01. The molecule has 1 aromatic heterocycles. The molecule has 1 atom stereocenters. The molecule has 0 N–H and O–H groups in total. The first-order valence-electron chi connectivity index (χ1n) is 9.86. The number of hydrogen-bond donors (Lipinski definition) is 0. The van der Waals surface area contributed by atoms with Crippen LogP contribution >= 0.6 is 25.1 Å². The first kappa shape index (κ1) is 22.6. The van der Waals surface area contributed by atoms with Crippen LogP contribution in [0, 0.1) is 0 Å². The summed E-state index contributed by atoms with van der Waals surface area (Å²) in [6.45, 7) is 2.02. The van der Waals surface area contributed by atoms with E-state index in [-0.39, 0.29) is 32.1 Å². The van der Waals surface area contributed by atoms with Crippen molar-refractivity contribution in [1.82, 2.24) is 14.8 Å². The molecule has 2 fully saturated rings. The molecular formula is C21H25ClFN3O3S. The van der Waals surface area contributed by atoms with Gasteiger partial charge in [-0.25, -0.2) is 9.18 Å². The third-order valence-corrected chi connectivity index (χ3v) is 5.78. The van der Waals surface area contributed by atoms with Crippen LogP contribution in [0.4, 0.5) is 9.18 Å². The second kappa shape index (κ2) is 9.39. The largest absolute Gasteiger partial charge is 0.447 e. The van der Waals surface area contributed by atoms with E-state index in [4.69, 9.17) is 21.3 Å². The lowest BCUT2D eigenvalue weighted by atomic mass is 10.1. The van der Waals surface area contributed by atoms with E-state index in [1.165, 1.54) is 4.90 Å². The summed E-state index contributed by atoms with van der Waals surface area (Å²) in [5, 5.41) is 1.49. The Labute approximate surface area is 186 Å². The Kier molecular flexibility index (Phi) is 7.08. The van der Waals surface area contributed by atoms with Crippen molar-refractivity contribution in [3.8, 4) is 0 Å². The van der Waals surface area contributed by atoms with Gasteiger partial charge in [0.25, 0.3) is 5.91 Å². The Balaban J connectivity index is 0.00000256. The van der Waals surface area contributed by atoms with Crippen molar-refractivity contribution in [3.63, 3.8) is 0 Å². The lowest BCUT2D eigenvalue weighted by molar-refractivity contribution is 0.0403. The molecule has 2 aromatic rings. The van der Waals surface area contributed by atoms with Gasteiger partial charge in [-0.1, -0.05) is 17.7 Å². The standard InChI is InChI=1S/C21H23ClFN3O3.H2S/c1-13-12-25(21(28)29-9-6-23)7-8-26(13)20(27)15-4-5-16-17(22)11-18(14-2-3-14)24-19(16)10-15;/h4-5,10-11,13-14H,2-3,6-9,12H2,1H3;1H2/t13-;/m0./s1. The van der Waals surface area contributed by atoms with Gasteiger partial charge in [-0.3, -0.25) is 9.78 Å². The molecule has 30 heavy (non-hydrogen) atoms. The van der Waals surface area contributed by atoms with Crippen LogP contribution in [0.15, 0.2) is 24.3 Å². The third kappa shape index (κ3) is 4.64. The SMILES string of the molecule is C[C@H]1CN(C(=O)OCCF)CCN1C(=O)c1ccc2c(Cl)cc(C3CC3)nc2c1.S. The minimum Gasteiger partial charge on any atom is -0.447 e. The number of aromatic nitrogens is 1. The molecule has 1 saturated heterocycles. The lowest BCUT2D eigenvalue weighted by Gasteiger charge is -2.39. The monoisotopic (exact) mass is 453 g/mol. The van der Waals surface area contributed by atoms with Gasteiger partial charge < -0.3 is 14.5 Å². The maximum Gasteiger partial charge on any atom is 0.409 e. The van der Waals surface area contributed by atoms with Gasteiger partial charge >= 0.3 is 6.09 Å². The molecule has 1 saturated carbocycles. The summed E-state index contributed by atoms with van der Waals surface area (Å²) in [4.78, 5) is 33.0. The molecular weight excluding hydrogens is 429 g/mol. The van der Waals surface area contributed by atoms with E-state index in [9.17, 15) is 14.0 Å². The predicted molar refractivity (Wildman–Crippen MR) is 119 cm³/mol. The molecule has 9 heteroatoms. The predicted octanol–water partition coefficient (Wildman–Crippen LogP) is 4.13. The van der Waals surface area contributed by atoms with Crippen LogP contribution in [0.1, 0.15) is 41.7 Å². The summed E-state index contributed by atoms with van der Waals surface area (Å²) >= 11 is 6.41. The Morgan fingerprint density at radius 3 is 2.70 bits per heavy atom. The number of alkyl halides is 1.